The summed E-state index contributed by atoms with van der Waals surface area (Å²) in [6.45, 7) is 0. The molecule has 2 aromatic heterocycles. The maximum atomic E-state index is 11.8. The van der Waals surface area contributed by atoms with Crippen LogP contribution in [0.15, 0.2) is 43.7 Å². The third-order valence-electron chi connectivity index (χ3n) is 2.06. The first-order valence-electron chi connectivity index (χ1n) is 4.68. The van der Waals surface area contributed by atoms with E-state index in [-0.39, 0.29) is 0 Å². The summed E-state index contributed by atoms with van der Waals surface area (Å²) in [6, 6.07) is 0.893. The highest BCUT2D eigenvalue weighted by Gasteiger charge is 2.11. The average Bonchev–Trinajstić information content (AvgIpc) is 2.28. The molecule has 9 heteroatoms. The van der Waals surface area contributed by atoms with Crippen LogP contribution in [-0.4, -0.2) is 25.1 Å². The van der Waals surface area contributed by atoms with Gasteiger partial charge >= 0.3 is 17.4 Å². The fourth-order valence-electron chi connectivity index (χ4n) is 1.25. The van der Waals surface area contributed by atoms with Gasteiger partial charge < -0.3 is 0 Å². The molecule has 2 aromatic rings. The number of nitrogens with zero attached hydrogens (tertiary/aromatic N) is 2. The van der Waals surface area contributed by atoms with Crippen LogP contribution in [0.1, 0.15) is 0 Å². The Morgan fingerprint density at radius 1 is 0.833 bits per heavy atom. The number of carbonyl (C=O) groups excluding carboxylic acids is 1. The molecule has 2 N–H and O–H groups in total. The van der Waals surface area contributed by atoms with Crippen molar-refractivity contribution in [3.05, 3.63) is 66.2 Å². The van der Waals surface area contributed by atoms with Crippen LogP contribution in [0.25, 0.3) is 0 Å². The van der Waals surface area contributed by atoms with Crippen LogP contribution in [0.5, 0.6) is 0 Å². The van der Waals surface area contributed by atoms with Crippen LogP contribution >= 0.6 is 0 Å². The number of hydrogen-bond acceptors (Lipinski definition) is 5. The Bertz CT molecular complexity index is 768. The van der Waals surface area contributed by atoms with Crippen molar-refractivity contribution in [1.82, 2.24) is 19.1 Å². The van der Waals surface area contributed by atoms with Gasteiger partial charge in [-0.3, -0.25) is 19.6 Å². The SMILES string of the molecule is O=C(n1ccc(=O)[nH]c1=O)n1ccc(=O)[nH]c1=O. The number of carbonyl (C=O) groups is 1. The molecule has 92 valence electrons. The maximum absolute atomic E-state index is 11.8. The fourth-order valence-corrected chi connectivity index (χ4v) is 1.25. The van der Waals surface area contributed by atoms with Crippen molar-refractivity contribution in [1.29, 1.82) is 0 Å². The molecule has 0 saturated carbocycles. The van der Waals surface area contributed by atoms with Gasteiger partial charge in [-0.05, 0) is 0 Å². The van der Waals surface area contributed by atoms with Crippen molar-refractivity contribution in [3.8, 4) is 0 Å². The Balaban J connectivity index is 2.62. The van der Waals surface area contributed by atoms with E-state index in [2.05, 4.69) is 0 Å². The first-order chi connectivity index (χ1) is 8.49. The lowest BCUT2D eigenvalue weighted by Crippen LogP contribution is -2.41. The second-order valence-electron chi connectivity index (χ2n) is 3.24. The van der Waals surface area contributed by atoms with E-state index in [1.54, 1.807) is 0 Å². The van der Waals surface area contributed by atoms with Crippen LogP contribution < -0.4 is 22.5 Å². The molecule has 0 radical (unpaired) electrons. The highest BCUT2D eigenvalue weighted by atomic mass is 16.2. The molecule has 0 aliphatic heterocycles. The molecule has 0 unspecified atom stereocenters. The van der Waals surface area contributed by atoms with Gasteiger partial charge in [0.2, 0.25) is 0 Å². The van der Waals surface area contributed by atoms with E-state index >= 15 is 0 Å². The van der Waals surface area contributed by atoms with Crippen molar-refractivity contribution in [3.63, 3.8) is 0 Å². The predicted octanol–water partition coefficient (Wildman–Crippen LogP) is -2.10. The van der Waals surface area contributed by atoms with Gasteiger partial charge in [-0.15, -0.1) is 0 Å². The van der Waals surface area contributed by atoms with Gasteiger partial charge in [0.25, 0.3) is 11.1 Å². The Labute approximate surface area is 97.0 Å². The summed E-state index contributed by atoms with van der Waals surface area (Å²) in [5.41, 5.74) is -3.30. The van der Waals surface area contributed by atoms with E-state index in [0.717, 1.165) is 24.5 Å². The second-order valence-corrected chi connectivity index (χ2v) is 3.24. The summed E-state index contributed by atoms with van der Waals surface area (Å²) in [5, 5.41) is 0. The van der Waals surface area contributed by atoms with Gasteiger partial charge in [0.15, 0.2) is 0 Å². The topological polar surface area (TPSA) is 127 Å². The lowest BCUT2D eigenvalue weighted by atomic mass is 10.6. The molecule has 9 nitrogen and oxygen atoms in total. The normalized spacial score (nSPS) is 10.2. The molecule has 0 aromatic carbocycles. The lowest BCUT2D eigenvalue weighted by Gasteiger charge is -2.04. The second kappa shape index (κ2) is 4.13. The van der Waals surface area contributed by atoms with E-state index in [1.807, 2.05) is 9.97 Å². The molecular weight excluding hydrogens is 244 g/mol. The molecule has 18 heavy (non-hydrogen) atoms. The van der Waals surface area contributed by atoms with E-state index in [1.165, 1.54) is 0 Å². The summed E-state index contributed by atoms with van der Waals surface area (Å²) in [6.07, 6.45) is 1.86. The van der Waals surface area contributed by atoms with E-state index in [9.17, 15) is 24.0 Å². The van der Waals surface area contributed by atoms with Gasteiger partial charge in [0.1, 0.15) is 0 Å². The first-order valence-corrected chi connectivity index (χ1v) is 4.68. The number of nitrogens with one attached hydrogen (secondary N) is 2. The lowest BCUT2D eigenvalue weighted by molar-refractivity contribution is 0.241. The van der Waals surface area contributed by atoms with Crippen molar-refractivity contribution in [2.75, 3.05) is 0 Å². The minimum Gasteiger partial charge on any atom is -0.274 e. The Hall–Kier alpha value is -2.97. The van der Waals surface area contributed by atoms with Gasteiger partial charge in [-0.1, -0.05) is 0 Å². The van der Waals surface area contributed by atoms with Gasteiger partial charge in [-0.2, -0.15) is 0 Å². The average molecular weight is 250 g/mol. The third kappa shape index (κ3) is 1.96. The molecule has 2 heterocycles. The largest absolute Gasteiger partial charge is 0.344 e. The Kier molecular flexibility index (Phi) is 2.64. The molecule has 0 amide bonds. The van der Waals surface area contributed by atoms with Crippen LogP contribution in [0.3, 0.4) is 0 Å². The Morgan fingerprint density at radius 3 is 1.56 bits per heavy atom. The summed E-state index contributed by atoms with van der Waals surface area (Å²) < 4.78 is 1.06. The highest BCUT2D eigenvalue weighted by molar-refractivity contribution is 5.78. The van der Waals surface area contributed by atoms with Gasteiger partial charge in [0.05, 0.1) is 0 Å². The zero-order valence-electron chi connectivity index (χ0n) is 8.75. The van der Waals surface area contributed by atoms with Crippen molar-refractivity contribution in [2.24, 2.45) is 0 Å². The monoisotopic (exact) mass is 250 g/mol. The molecule has 0 bridgehead atoms. The minimum atomic E-state index is -1.02. The summed E-state index contributed by atoms with van der Waals surface area (Å²) >= 11 is 0. The number of rotatable bonds is 0. The van der Waals surface area contributed by atoms with Crippen LogP contribution in [-0.2, 0) is 0 Å². The fraction of sp³-hybridized carbons (Fsp3) is 0. The number of hydrogen-bond donors (Lipinski definition) is 2. The van der Waals surface area contributed by atoms with Crippen molar-refractivity contribution in [2.45, 2.75) is 0 Å². The minimum absolute atomic E-state index is 0.529. The molecule has 0 atom stereocenters. The first kappa shape index (κ1) is 11.5. The standard InChI is InChI=1S/C9H6N4O5/c14-5-1-3-12(7(16)10-5)9(18)13-4-2-6(15)11-8(13)17/h1-4H,(H,10,14,16)(H,11,15,17). The van der Waals surface area contributed by atoms with Crippen LogP contribution in [0.2, 0.25) is 0 Å². The van der Waals surface area contributed by atoms with E-state index in [4.69, 9.17) is 0 Å². The molecule has 0 saturated heterocycles. The molecule has 2 rings (SSSR count). The smallest absolute Gasteiger partial charge is 0.274 e. The molecule has 0 aliphatic rings. The van der Waals surface area contributed by atoms with Gasteiger partial charge in [0, 0.05) is 24.5 Å². The number of aromatic amines is 2. The number of aromatic nitrogens is 4. The van der Waals surface area contributed by atoms with E-state index in [0.29, 0.717) is 9.13 Å². The summed E-state index contributed by atoms with van der Waals surface area (Å²) in [4.78, 5) is 59.8. The van der Waals surface area contributed by atoms with Crippen LogP contribution in [0.4, 0.5) is 4.79 Å². The predicted molar refractivity (Wildman–Crippen MR) is 58.8 cm³/mol. The van der Waals surface area contributed by atoms with Crippen molar-refractivity contribution >= 4 is 6.03 Å². The number of H-pyrrole nitrogens is 2. The van der Waals surface area contributed by atoms with Crippen molar-refractivity contribution < 1.29 is 4.79 Å². The quantitative estimate of drug-likeness (QED) is 0.553. The molecule has 0 fully saturated rings. The Morgan fingerprint density at radius 2 is 1.22 bits per heavy atom. The zero-order chi connectivity index (χ0) is 13.3. The third-order valence-corrected chi connectivity index (χ3v) is 2.06. The molecular formula is C9H6N4O5. The molecule has 0 aliphatic carbocycles. The maximum Gasteiger partial charge on any atom is 0.344 e. The van der Waals surface area contributed by atoms with E-state index < -0.39 is 28.5 Å². The summed E-state index contributed by atoms with van der Waals surface area (Å²) in [5.74, 6) is 0. The summed E-state index contributed by atoms with van der Waals surface area (Å²) in [7, 11) is 0. The van der Waals surface area contributed by atoms with Gasteiger partial charge in [-0.25, -0.2) is 23.5 Å². The van der Waals surface area contributed by atoms with Crippen LogP contribution in [0, 0.1) is 0 Å². The zero-order valence-corrected chi connectivity index (χ0v) is 8.75. The molecule has 0 spiro atoms. The highest BCUT2D eigenvalue weighted by Crippen LogP contribution is 1.82.